The average molecular weight is 528 g/mol. The topological polar surface area (TPSA) is 51.1 Å². The first-order valence-electron chi connectivity index (χ1n) is 10.2. The van der Waals surface area contributed by atoms with Crippen LogP contribution in [0.25, 0.3) is 21.2 Å². The Morgan fingerprint density at radius 3 is 2.08 bits per heavy atom. The van der Waals surface area contributed by atoms with Gasteiger partial charge < -0.3 is 9.88 Å². The number of carbonyl (C=O) groups is 1. The van der Waals surface area contributed by atoms with Crippen molar-refractivity contribution >= 4 is 27.3 Å². The SMILES string of the molecule is Cn1c(C(=O)NCc2cc(C(F)(F)F)cc(C(F)(F)F)c2)c(-c2ccc(F)cc2)c2ccsc2c1=O. The number of alkyl halides is 6. The molecule has 2 aromatic heterocycles. The fourth-order valence-electron chi connectivity index (χ4n) is 3.78. The van der Waals surface area contributed by atoms with Crippen molar-refractivity contribution in [1.82, 2.24) is 9.88 Å². The Morgan fingerprint density at radius 1 is 0.944 bits per heavy atom. The molecule has 12 heteroatoms. The fourth-order valence-corrected chi connectivity index (χ4v) is 4.66. The van der Waals surface area contributed by atoms with E-state index in [1.54, 1.807) is 11.4 Å². The number of amides is 1. The monoisotopic (exact) mass is 528 g/mol. The first kappa shape index (κ1) is 25.4. The summed E-state index contributed by atoms with van der Waals surface area (Å²) in [5, 5.41) is 4.34. The molecule has 1 amide bonds. The number of rotatable bonds is 4. The Hall–Kier alpha value is -3.67. The van der Waals surface area contributed by atoms with E-state index in [1.165, 1.54) is 19.2 Å². The zero-order chi connectivity index (χ0) is 26.4. The molecular weight excluding hydrogens is 513 g/mol. The van der Waals surface area contributed by atoms with E-state index < -0.39 is 52.9 Å². The minimum Gasteiger partial charge on any atom is -0.347 e. The molecule has 4 nitrogen and oxygen atoms in total. The van der Waals surface area contributed by atoms with Crippen LogP contribution in [-0.2, 0) is 25.9 Å². The number of nitrogens with zero attached hydrogens (tertiary/aromatic N) is 1. The minimum absolute atomic E-state index is 0.00777. The third kappa shape index (κ3) is 4.85. The summed E-state index contributed by atoms with van der Waals surface area (Å²) in [6.07, 6.45) is -10.1. The van der Waals surface area contributed by atoms with Gasteiger partial charge in [0.25, 0.3) is 11.5 Å². The van der Waals surface area contributed by atoms with Gasteiger partial charge in [0, 0.05) is 24.5 Å². The second kappa shape index (κ2) is 9.08. The van der Waals surface area contributed by atoms with Gasteiger partial charge in [-0.2, -0.15) is 26.3 Å². The predicted octanol–water partition coefficient (Wildman–Crippen LogP) is 6.37. The molecule has 1 N–H and O–H groups in total. The van der Waals surface area contributed by atoms with Gasteiger partial charge in [-0.05, 0) is 52.9 Å². The standard InChI is InChI=1S/C24H15F7N2O2S/c1-33-19(18(13-2-4-16(25)5-3-13)17-6-7-36-20(17)22(33)35)21(34)32-11-12-8-14(23(26,27)28)10-15(9-12)24(29,30)31/h2-10H,11H2,1H3,(H,32,34). The van der Waals surface area contributed by atoms with Crippen molar-refractivity contribution in [3.05, 3.63) is 92.5 Å². The third-order valence-corrected chi connectivity index (χ3v) is 6.36. The van der Waals surface area contributed by atoms with Crippen LogP contribution in [0.15, 0.2) is 58.7 Å². The van der Waals surface area contributed by atoms with E-state index in [0.717, 1.165) is 28.0 Å². The number of thiophene rings is 1. The van der Waals surface area contributed by atoms with Crippen molar-refractivity contribution < 1.29 is 35.5 Å². The summed E-state index contributed by atoms with van der Waals surface area (Å²) < 4.78 is 93.9. The van der Waals surface area contributed by atoms with Crippen molar-refractivity contribution in [2.75, 3.05) is 0 Å². The summed E-state index contributed by atoms with van der Waals surface area (Å²) in [4.78, 5) is 26.0. The maximum atomic E-state index is 13.5. The smallest absolute Gasteiger partial charge is 0.347 e. The maximum absolute atomic E-state index is 13.5. The second-order valence-corrected chi connectivity index (χ2v) is 8.77. The van der Waals surface area contributed by atoms with E-state index in [9.17, 15) is 40.3 Å². The van der Waals surface area contributed by atoms with Crippen LogP contribution in [0.1, 0.15) is 27.2 Å². The van der Waals surface area contributed by atoms with Crippen molar-refractivity contribution in [3.8, 4) is 11.1 Å². The first-order chi connectivity index (χ1) is 16.8. The highest BCUT2D eigenvalue weighted by atomic mass is 32.1. The fraction of sp³-hybridized carbons (Fsp3) is 0.167. The van der Waals surface area contributed by atoms with Gasteiger partial charge in [0.15, 0.2) is 0 Å². The Kier molecular flexibility index (Phi) is 6.41. The Bertz CT molecular complexity index is 1480. The van der Waals surface area contributed by atoms with Crippen LogP contribution in [0.2, 0.25) is 0 Å². The van der Waals surface area contributed by atoms with Crippen molar-refractivity contribution in [2.24, 2.45) is 7.05 Å². The van der Waals surface area contributed by atoms with E-state index in [1.807, 2.05) is 0 Å². The van der Waals surface area contributed by atoms with Gasteiger partial charge in [0.05, 0.1) is 11.1 Å². The lowest BCUT2D eigenvalue weighted by Crippen LogP contribution is -2.31. The number of hydrogen-bond acceptors (Lipinski definition) is 3. The van der Waals surface area contributed by atoms with Crippen LogP contribution in [0.5, 0.6) is 0 Å². The van der Waals surface area contributed by atoms with Crippen LogP contribution in [0, 0.1) is 5.82 Å². The summed E-state index contributed by atoms with van der Waals surface area (Å²) >= 11 is 1.13. The van der Waals surface area contributed by atoms with E-state index in [-0.39, 0.29) is 17.3 Å². The van der Waals surface area contributed by atoms with Crippen LogP contribution >= 0.6 is 11.3 Å². The molecule has 0 bridgehead atoms. The molecule has 0 spiro atoms. The summed E-state index contributed by atoms with van der Waals surface area (Å²) in [7, 11) is 1.31. The molecule has 0 radical (unpaired) electrons. The molecule has 0 saturated heterocycles. The zero-order valence-electron chi connectivity index (χ0n) is 18.2. The molecule has 0 saturated carbocycles. The number of hydrogen-bond donors (Lipinski definition) is 1. The van der Waals surface area contributed by atoms with E-state index >= 15 is 0 Å². The van der Waals surface area contributed by atoms with Gasteiger partial charge in [-0.3, -0.25) is 9.59 Å². The van der Waals surface area contributed by atoms with E-state index in [4.69, 9.17) is 0 Å². The Labute approximate surface area is 202 Å². The zero-order valence-corrected chi connectivity index (χ0v) is 19.0. The van der Waals surface area contributed by atoms with Crippen molar-refractivity contribution in [3.63, 3.8) is 0 Å². The largest absolute Gasteiger partial charge is 0.416 e. The quantitative estimate of drug-likeness (QED) is 0.313. The van der Waals surface area contributed by atoms with Gasteiger partial charge in [-0.15, -0.1) is 11.3 Å². The number of pyridine rings is 1. The minimum atomic E-state index is -5.04. The van der Waals surface area contributed by atoms with Gasteiger partial charge in [-0.1, -0.05) is 12.1 Å². The lowest BCUT2D eigenvalue weighted by Gasteiger charge is -2.17. The molecule has 0 atom stereocenters. The molecule has 2 aromatic carbocycles. The summed E-state index contributed by atoms with van der Waals surface area (Å²) in [5.74, 6) is -1.45. The number of aromatic nitrogens is 1. The summed E-state index contributed by atoms with van der Waals surface area (Å²) in [6.45, 7) is -0.676. The Balaban J connectivity index is 1.78. The maximum Gasteiger partial charge on any atom is 0.416 e. The number of fused-ring (bicyclic) bond motifs is 1. The third-order valence-electron chi connectivity index (χ3n) is 5.45. The number of nitrogens with one attached hydrogen (secondary N) is 1. The number of benzene rings is 2. The molecule has 0 unspecified atom stereocenters. The van der Waals surface area contributed by atoms with Crippen molar-refractivity contribution in [2.45, 2.75) is 18.9 Å². The predicted molar refractivity (Wildman–Crippen MR) is 120 cm³/mol. The summed E-state index contributed by atoms with van der Waals surface area (Å²) in [5.41, 5.74) is -3.50. The van der Waals surface area contributed by atoms with Crippen LogP contribution in [0.3, 0.4) is 0 Å². The second-order valence-electron chi connectivity index (χ2n) is 7.85. The van der Waals surface area contributed by atoms with Crippen LogP contribution in [-0.4, -0.2) is 10.5 Å². The molecule has 4 aromatic rings. The molecule has 0 aliphatic heterocycles. The lowest BCUT2D eigenvalue weighted by molar-refractivity contribution is -0.143. The molecule has 4 rings (SSSR count). The van der Waals surface area contributed by atoms with Crippen LogP contribution in [0.4, 0.5) is 30.7 Å². The molecule has 0 aliphatic rings. The average Bonchev–Trinajstić information content (AvgIpc) is 3.29. The molecular formula is C24H15F7N2O2S. The lowest BCUT2D eigenvalue weighted by atomic mass is 9.99. The van der Waals surface area contributed by atoms with Crippen LogP contribution < -0.4 is 10.9 Å². The molecule has 0 aliphatic carbocycles. The number of carbonyl (C=O) groups excluding carboxylic acids is 1. The summed E-state index contributed by atoms with van der Waals surface area (Å²) in [6, 6.07) is 7.71. The molecule has 2 heterocycles. The van der Waals surface area contributed by atoms with Crippen molar-refractivity contribution in [1.29, 1.82) is 0 Å². The van der Waals surface area contributed by atoms with Gasteiger partial charge in [0.1, 0.15) is 16.2 Å². The highest BCUT2D eigenvalue weighted by Crippen LogP contribution is 2.37. The number of halogens is 7. The molecule has 36 heavy (non-hydrogen) atoms. The first-order valence-corrected chi connectivity index (χ1v) is 11.1. The Morgan fingerprint density at radius 2 is 1.53 bits per heavy atom. The van der Waals surface area contributed by atoms with Gasteiger partial charge in [0.2, 0.25) is 0 Å². The van der Waals surface area contributed by atoms with E-state index in [2.05, 4.69) is 5.32 Å². The highest BCUT2D eigenvalue weighted by molar-refractivity contribution is 7.17. The van der Waals surface area contributed by atoms with E-state index in [0.29, 0.717) is 27.8 Å². The molecule has 0 fully saturated rings. The highest BCUT2D eigenvalue weighted by Gasteiger charge is 2.37. The normalized spacial score (nSPS) is 12.2. The van der Waals surface area contributed by atoms with Gasteiger partial charge in [-0.25, -0.2) is 4.39 Å². The molecule has 188 valence electrons. The van der Waals surface area contributed by atoms with Gasteiger partial charge >= 0.3 is 12.4 Å².